The lowest BCUT2D eigenvalue weighted by Crippen LogP contribution is -2.41. The zero-order valence-corrected chi connectivity index (χ0v) is 11.8. The average Bonchev–Trinajstić information content (AvgIpc) is 2.59. The van der Waals surface area contributed by atoms with E-state index in [1.165, 1.54) is 6.92 Å². The first kappa shape index (κ1) is 13.8. The van der Waals surface area contributed by atoms with Crippen LogP contribution in [0.4, 0.5) is 0 Å². The number of esters is 1. The van der Waals surface area contributed by atoms with Gasteiger partial charge in [-0.1, -0.05) is 6.42 Å². The molecule has 1 amide bonds. The molecule has 0 N–H and O–H groups in total. The lowest BCUT2D eigenvalue weighted by Gasteiger charge is -2.28. The minimum Gasteiger partial charge on any atom is -0.410 e. The molecule has 2 heterocycles. The third-order valence-corrected chi connectivity index (χ3v) is 3.81. The normalized spacial score (nSPS) is 28.2. The number of hydrazone groups is 1. The molecule has 0 aromatic rings. The SMILES string of the molecule is CC(=O)OC1=NN(C)C(C2CCCCN(C)C2=O)C1. The predicted octanol–water partition coefficient (Wildman–Crippen LogP) is 0.826. The van der Waals surface area contributed by atoms with Crippen LogP contribution in [0.1, 0.15) is 32.6 Å². The Morgan fingerprint density at radius 2 is 2.11 bits per heavy atom. The second-order valence-corrected chi connectivity index (χ2v) is 5.29. The number of hydrogen-bond donors (Lipinski definition) is 0. The van der Waals surface area contributed by atoms with Crippen molar-refractivity contribution in [3.63, 3.8) is 0 Å². The lowest BCUT2D eigenvalue weighted by molar-refractivity contribution is -0.135. The highest BCUT2D eigenvalue weighted by atomic mass is 16.5. The maximum atomic E-state index is 12.3. The van der Waals surface area contributed by atoms with Gasteiger partial charge in [0.25, 0.3) is 0 Å². The van der Waals surface area contributed by atoms with Gasteiger partial charge in [0, 0.05) is 34.0 Å². The van der Waals surface area contributed by atoms with E-state index in [1.54, 1.807) is 9.91 Å². The number of hydrogen-bond acceptors (Lipinski definition) is 5. The van der Waals surface area contributed by atoms with E-state index >= 15 is 0 Å². The third kappa shape index (κ3) is 3.05. The summed E-state index contributed by atoms with van der Waals surface area (Å²) in [5, 5.41) is 5.98. The van der Waals surface area contributed by atoms with Gasteiger partial charge in [0.15, 0.2) is 0 Å². The monoisotopic (exact) mass is 267 g/mol. The molecule has 19 heavy (non-hydrogen) atoms. The highest BCUT2D eigenvalue weighted by Gasteiger charge is 2.38. The van der Waals surface area contributed by atoms with Gasteiger partial charge in [0.2, 0.25) is 11.8 Å². The van der Waals surface area contributed by atoms with Gasteiger partial charge < -0.3 is 9.64 Å². The summed E-state index contributed by atoms with van der Waals surface area (Å²) >= 11 is 0. The molecule has 2 aliphatic heterocycles. The second-order valence-electron chi connectivity index (χ2n) is 5.29. The Labute approximate surface area is 113 Å². The van der Waals surface area contributed by atoms with E-state index in [1.807, 2.05) is 14.1 Å². The van der Waals surface area contributed by atoms with Crippen LogP contribution < -0.4 is 0 Å². The zero-order chi connectivity index (χ0) is 14.0. The van der Waals surface area contributed by atoms with E-state index in [2.05, 4.69) is 5.10 Å². The summed E-state index contributed by atoms with van der Waals surface area (Å²) in [7, 11) is 3.68. The quantitative estimate of drug-likeness (QED) is 0.660. The molecule has 0 aromatic heterocycles. The molecule has 2 unspecified atom stereocenters. The molecule has 2 rings (SSSR count). The molecule has 0 bridgehead atoms. The number of ether oxygens (including phenoxy) is 1. The highest BCUT2D eigenvalue weighted by molar-refractivity contribution is 5.90. The summed E-state index contributed by atoms with van der Waals surface area (Å²) in [6, 6.07) is 0.00222. The molecule has 1 fully saturated rings. The van der Waals surface area contributed by atoms with Crippen molar-refractivity contribution in [2.45, 2.75) is 38.6 Å². The van der Waals surface area contributed by atoms with Crippen LogP contribution >= 0.6 is 0 Å². The predicted molar refractivity (Wildman–Crippen MR) is 70.3 cm³/mol. The number of nitrogens with zero attached hydrogens (tertiary/aromatic N) is 3. The van der Waals surface area contributed by atoms with Gasteiger partial charge in [-0.2, -0.15) is 0 Å². The summed E-state index contributed by atoms with van der Waals surface area (Å²) in [6.07, 6.45) is 3.50. The molecule has 2 aliphatic rings. The van der Waals surface area contributed by atoms with Crippen LogP contribution in [0.5, 0.6) is 0 Å². The Kier molecular flexibility index (Phi) is 4.07. The molecule has 0 aromatic carbocycles. The van der Waals surface area contributed by atoms with Gasteiger partial charge in [0.05, 0.1) is 12.0 Å². The Morgan fingerprint density at radius 1 is 1.37 bits per heavy atom. The van der Waals surface area contributed by atoms with Crippen LogP contribution in [0.25, 0.3) is 0 Å². The van der Waals surface area contributed by atoms with Crippen molar-refractivity contribution >= 4 is 17.8 Å². The number of carbonyl (C=O) groups is 2. The van der Waals surface area contributed by atoms with Gasteiger partial charge in [-0.15, -0.1) is 5.10 Å². The lowest BCUT2D eigenvalue weighted by atomic mass is 9.92. The summed E-state index contributed by atoms with van der Waals surface area (Å²) < 4.78 is 5.04. The van der Waals surface area contributed by atoms with Crippen LogP contribution in [0.2, 0.25) is 0 Å². The molecular formula is C13H21N3O3. The fraction of sp³-hybridized carbons (Fsp3) is 0.769. The van der Waals surface area contributed by atoms with E-state index in [-0.39, 0.29) is 23.8 Å². The average molecular weight is 267 g/mol. The highest BCUT2D eigenvalue weighted by Crippen LogP contribution is 2.28. The van der Waals surface area contributed by atoms with Gasteiger partial charge in [-0.05, 0) is 12.8 Å². The maximum Gasteiger partial charge on any atom is 0.309 e. The first-order valence-corrected chi connectivity index (χ1v) is 6.72. The van der Waals surface area contributed by atoms with Gasteiger partial charge >= 0.3 is 5.97 Å². The number of amides is 1. The molecule has 6 heteroatoms. The van der Waals surface area contributed by atoms with E-state index in [9.17, 15) is 9.59 Å². The standard InChI is InChI=1S/C13H21N3O3/c1-9(17)19-12-8-11(16(3)14-12)10-6-4-5-7-15(2)13(10)18/h10-11H,4-8H2,1-3H3. The molecular weight excluding hydrogens is 246 g/mol. The maximum absolute atomic E-state index is 12.3. The first-order chi connectivity index (χ1) is 8.99. The Hall–Kier alpha value is -1.59. The zero-order valence-electron chi connectivity index (χ0n) is 11.8. The van der Waals surface area contributed by atoms with Gasteiger partial charge in [-0.25, -0.2) is 0 Å². The molecule has 0 saturated carbocycles. The summed E-state index contributed by atoms with van der Waals surface area (Å²) in [4.78, 5) is 25.1. The Bertz CT molecular complexity index is 408. The smallest absolute Gasteiger partial charge is 0.309 e. The summed E-state index contributed by atoms with van der Waals surface area (Å²) in [5.74, 6) is 0.166. The van der Waals surface area contributed by atoms with Crippen LogP contribution in [0.3, 0.4) is 0 Å². The first-order valence-electron chi connectivity index (χ1n) is 6.72. The minimum atomic E-state index is -0.364. The van der Waals surface area contributed by atoms with Crippen molar-refractivity contribution in [3.05, 3.63) is 0 Å². The third-order valence-electron chi connectivity index (χ3n) is 3.81. The van der Waals surface area contributed by atoms with E-state index in [4.69, 9.17) is 4.74 Å². The van der Waals surface area contributed by atoms with Crippen LogP contribution in [0.15, 0.2) is 5.10 Å². The van der Waals surface area contributed by atoms with Crippen LogP contribution in [-0.2, 0) is 14.3 Å². The van der Waals surface area contributed by atoms with Gasteiger partial charge in [0.1, 0.15) is 0 Å². The molecule has 2 atom stereocenters. The van der Waals surface area contributed by atoms with E-state index in [0.717, 1.165) is 25.8 Å². The fourth-order valence-corrected chi connectivity index (χ4v) is 2.82. The number of carbonyl (C=O) groups excluding carboxylic acids is 2. The number of rotatable bonds is 1. The molecule has 106 valence electrons. The van der Waals surface area contributed by atoms with Crippen LogP contribution in [-0.4, -0.2) is 54.4 Å². The largest absolute Gasteiger partial charge is 0.410 e. The number of likely N-dealkylation sites (tertiary alicyclic amines) is 1. The Balaban J connectivity index is 2.06. The van der Waals surface area contributed by atoms with E-state index in [0.29, 0.717) is 12.3 Å². The van der Waals surface area contributed by atoms with Crippen molar-refractivity contribution in [3.8, 4) is 0 Å². The van der Waals surface area contributed by atoms with Crippen molar-refractivity contribution in [1.29, 1.82) is 0 Å². The molecule has 1 saturated heterocycles. The molecule has 0 aliphatic carbocycles. The van der Waals surface area contributed by atoms with Crippen molar-refractivity contribution in [2.75, 3.05) is 20.6 Å². The fourth-order valence-electron chi connectivity index (χ4n) is 2.82. The van der Waals surface area contributed by atoms with Crippen molar-refractivity contribution in [1.82, 2.24) is 9.91 Å². The minimum absolute atomic E-state index is 0.00222. The molecule has 6 nitrogen and oxygen atoms in total. The van der Waals surface area contributed by atoms with Crippen molar-refractivity contribution in [2.24, 2.45) is 11.0 Å². The molecule has 0 radical (unpaired) electrons. The van der Waals surface area contributed by atoms with E-state index < -0.39 is 0 Å². The summed E-state index contributed by atoms with van der Waals surface area (Å²) in [6.45, 7) is 2.18. The topological polar surface area (TPSA) is 62.2 Å². The van der Waals surface area contributed by atoms with Gasteiger partial charge in [-0.3, -0.25) is 14.6 Å². The Morgan fingerprint density at radius 3 is 2.79 bits per heavy atom. The summed E-state index contributed by atoms with van der Waals surface area (Å²) in [5.41, 5.74) is 0. The van der Waals surface area contributed by atoms with Crippen LogP contribution in [0, 0.1) is 5.92 Å². The molecule has 0 spiro atoms. The van der Waals surface area contributed by atoms with Crippen molar-refractivity contribution < 1.29 is 14.3 Å². The second kappa shape index (κ2) is 5.59.